The highest BCUT2D eigenvalue weighted by Gasteiger charge is 2.28. The van der Waals surface area contributed by atoms with E-state index < -0.39 is 29.1 Å². The van der Waals surface area contributed by atoms with Crippen LogP contribution in [0.2, 0.25) is 0 Å². The van der Waals surface area contributed by atoms with Crippen molar-refractivity contribution in [1.29, 1.82) is 0 Å². The predicted octanol–water partition coefficient (Wildman–Crippen LogP) is 8.05. The van der Waals surface area contributed by atoms with Gasteiger partial charge in [0.1, 0.15) is 17.5 Å². The quantitative estimate of drug-likeness (QED) is 0.266. The topological polar surface area (TPSA) is 0 Å². The van der Waals surface area contributed by atoms with E-state index in [1.54, 1.807) is 6.07 Å². The van der Waals surface area contributed by atoms with Gasteiger partial charge in [-0.1, -0.05) is 38.0 Å². The third-order valence-electron chi connectivity index (χ3n) is 6.40. The van der Waals surface area contributed by atoms with E-state index in [-0.39, 0.29) is 22.6 Å². The van der Waals surface area contributed by atoms with Gasteiger partial charge in [-0.25, -0.2) is 22.0 Å². The molecule has 3 aromatic rings. The molecule has 0 bridgehead atoms. The molecule has 0 saturated heterocycles. The number of halogens is 5. The molecule has 1 aliphatic carbocycles. The summed E-state index contributed by atoms with van der Waals surface area (Å²) < 4.78 is 71.7. The molecule has 0 saturated carbocycles. The van der Waals surface area contributed by atoms with Gasteiger partial charge in [0, 0.05) is 11.1 Å². The summed E-state index contributed by atoms with van der Waals surface area (Å²) in [6.07, 6.45) is 4.65. The van der Waals surface area contributed by atoms with Gasteiger partial charge in [-0.05, 0) is 84.5 Å². The number of benzene rings is 3. The molecule has 0 radical (unpaired) electrons. The smallest absolute Gasteiger partial charge is 0.159 e. The molecule has 1 aliphatic rings. The minimum Gasteiger partial charge on any atom is -0.207 e. The molecule has 0 nitrogen and oxygen atoms in total. The maximum absolute atomic E-state index is 15.2. The SMILES string of the molecule is CCCCCc1cc(F)c(C2CCc3c(ccc(-c4ccc(F)c(F)c4)c3F)C2)c(F)c1. The van der Waals surface area contributed by atoms with E-state index >= 15 is 4.39 Å². The van der Waals surface area contributed by atoms with Crippen molar-refractivity contribution in [1.82, 2.24) is 0 Å². The van der Waals surface area contributed by atoms with E-state index in [4.69, 9.17) is 0 Å². The maximum Gasteiger partial charge on any atom is 0.159 e. The van der Waals surface area contributed by atoms with Crippen molar-refractivity contribution in [3.63, 3.8) is 0 Å². The lowest BCUT2D eigenvalue weighted by Crippen LogP contribution is -2.17. The van der Waals surface area contributed by atoms with Crippen molar-refractivity contribution in [2.45, 2.75) is 57.8 Å². The summed E-state index contributed by atoms with van der Waals surface area (Å²) in [6.45, 7) is 2.08. The first-order valence-corrected chi connectivity index (χ1v) is 11.1. The van der Waals surface area contributed by atoms with Gasteiger partial charge in [0.05, 0.1) is 0 Å². The van der Waals surface area contributed by atoms with Crippen LogP contribution < -0.4 is 0 Å². The molecular weight excluding hydrogens is 419 g/mol. The van der Waals surface area contributed by atoms with Crippen molar-refractivity contribution in [2.75, 3.05) is 0 Å². The fourth-order valence-electron chi connectivity index (χ4n) is 4.69. The average Bonchev–Trinajstić information content (AvgIpc) is 2.76. The highest BCUT2D eigenvalue weighted by Crippen LogP contribution is 2.39. The molecule has 3 aromatic carbocycles. The second-order valence-corrected chi connectivity index (χ2v) is 8.56. The van der Waals surface area contributed by atoms with Gasteiger partial charge in [0.25, 0.3) is 0 Å². The molecule has 1 unspecified atom stereocenters. The van der Waals surface area contributed by atoms with Gasteiger partial charge in [-0.2, -0.15) is 0 Å². The molecule has 32 heavy (non-hydrogen) atoms. The highest BCUT2D eigenvalue weighted by molar-refractivity contribution is 5.66. The molecule has 4 rings (SSSR count). The van der Waals surface area contributed by atoms with E-state index in [2.05, 4.69) is 6.92 Å². The van der Waals surface area contributed by atoms with Crippen LogP contribution in [0.25, 0.3) is 11.1 Å². The Hall–Kier alpha value is -2.69. The van der Waals surface area contributed by atoms with Gasteiger partial charge < -0.3 is 0 Å². The van der Waals surface area contributed by atoms with E-state index in [0.717, 1.165) is 31.4 Å². The molecule has 0 aromatic heterocycles. The largest absolute Gasteiger partial charge is 0.207 e. The van der Waals surface area contributed by atoms with Crippen LogP contribution in [-0.2, 0) is 19.3 Å². The van der Waals surface area contributed by atoms with Crippen LogP contribution in [0.15, 0.2) is 42.5 Å². The maximum atomic E-state index is 15.2. The Morgan fingerprint density at radius 1 is 0.812 bits per heavy atom. The Labute approximate surface area is 185 Å². The van der Waals surface area contributed by atoms with E-state index in [9.17, 15) is 17.6 Å². The van der Waals surface area contributed by atoms with Crippen molar-refractivity contribution in [2.24, 2.45) is 0 Å². The van der Waals surface area contributed by atoms with E-state index in [1.165, 1.54) is 24.3 Å². The second kappa shape index (κ2) is 9.43. The number of hydrogen-bond donors (Lipinski definition) is 0. The number of rotatable bonds is 6. The predicted molar refractivity (Wildman–Crippen MR) is 116 cm³/mol. The van der Waals surface area contributed by atoms with Crippen LogP contribution in [0.4, 0.5) is 22.0 Å². The summed E-state index contributed by atoms with van der Waals surface area (Å²) in [4.78, 5) is 0. The van der Waals surface area contributed by atoms with Crippen molar-refractivity contribution in [3.8, 4) is 11.1 Å². The molecule has 0 heterocycles. The fourth-order valence-corrected chi connectivity index (χ4v) is 4.69. The van der Waals surface area contributed by atoms with Crippen LogP contribution >= 0.6 is 0 Å². The lowest BCUT2D eigenvalue weighted by Gasteiger charge is -2.27. The van der Waals surface area contributed by atoms with Crippen LogP contribution in [0.5, 0.6) is 0 Å². The minimum absolute atomic E-state index is 0.0694. The lowest BCUT2D eigenvalue weighted by atomic mass is 9.78. The lowest BCUT2D eigenvalue weighted by molar-refractivity contribution is 0.481. The Morgan fingerprint density at radius 2 is 1.56 bits per heavy atom. The molecule has 0 N–H and O–H groups in total. The first-order chi connectivity index (χ1) is 15.4. The fraction of sp³-hybridized carbons (Fsp3) is 0.333. The first-order valence-electron chi connectivity index (χ1n) is 11.1. The van der Waals surface area contributed by atoms with Crippen LogP contribution in [0, 0.1) is 29.1 Å². The first kappa shape index (κ1) is 22.5. The summed E-state index contributed by atoms with van der Waals surface area (Å²) in [7, 11) is 0. The Morgan fingerprint density at radius 3 is 2.25 bits per heavy atom. The molecular formula is C27H25F5. The summed E-state index contributed by atoms with van der Waals surface area (Å²) in [5, 5.41) is 0. The van der Waals surface area contributed by atoms with Gasteiger partial charge in [-0.15, -0.1) is 0 Å². The van der Waals surface area contributed by atoms with E-state index in [1.807, 2.05) is 0 Å². The standard InChI is InChI=1S/C27H25F5/c1-2-3-4-5-16-12-24(30)26(25(31)13-16)19-7-10-20-17(14-19)6-9-21(27(20)32)18-8-11-22(28)23(29)15-18/h6,8-9,11-13,15,19H,2-5,7,10,14H2,1H3. The van der Waals surface area contributed by atoms with Crippen LogP contribution in [0.3, 0.4) is 0 Å². The molecule has 0 spiro atoms. The second-order valence-electron chi connectivity index (χ2n) is 8.56. The van der Waals surface area contributed by atoms with Crippen LogP contribution in [0.1, 0.15) is 60.8 Å². The molecule has 1 atom stereocenters. The molecule has 168 valence electrons. The normalized spacial score (nSPS) is 15.6. The summed E-state index contributed by atoms with van der Waals surface area (Å²) in [5.41, 5.74) is 2.34. The zero-order valence-electron chi connectivity index (χ0n) is 18.0. The highest BCUT2D eigenvalue weighted by atomic mass is 19.2. The Balaban J connectivity index is 1.59. The van der Waals surface area contributed by atoms with Gasteiger partial charge in [0.15, 0.2) is 11.6 Å². The molecule has 0 amide bonds. The van der Waals surface area contributed by atoms with Gasteiger partial charge in [-0.3, -0.25) is 0 Å². The number of aryl methyl sites for hydroxylation is 1. The monoisotopic (exact) mass is 444 g/mol. The third-order valence-corrected chi connectivity index (χ3v) is 6.40. The number of hydrogen-bond acceptors (Lipinski definition) is 0. The summed E-state index contributed by atoms with van der Waals surface area (Å²) in [5.74, 6) is -3.97. The zero-order valence-corrected chi connectivity index (χ0v) is 18.0. The van der Waals surface area contributed by atoms with E-state index in [0.29, 0.717) is 42.4 Å². The van der Waals surface area contributed by atoms with Crippen LogP contribution in [-0.4, -0.2) is 0 Å². The minimum atomic E-state index is -1.04. The Kier molecular flexibility index (Phi) is 6.63. The van der Waals surface area contributed by atoms with Crippen molar-refractivity contribution in [3.05, 3.63) is 93.8 Å². The number of fused-ring (bicyclic) bond motifs is 1. The molecule has 0 fully saturated rings. The van der Waals surface area contributed by atoms with Gasteiger partial charge in [0.2, 0.25) is 0 Å². The molecule has 0 aliphatic heterocycles. The summed E-state index contributed by atoms with van der Waals surface area (Å²) in [6, 6.07) is 9.37. The van der Waals surface area contributed by atoms with Crippen molar-refractivity contribution >= 4 is 0 Å². The third kappa shape index (κ3) is 4.43. The number of unbranched alkanes of at least 4 members (excludes halogenated alkanes) is 2. The van der Waals surface area contributed by atoms with Gasteiger partial charge >= 0.3 is 0 Å². The average molecular weight is 444 g/mol. The molecule has 5 heteroatoms. The van der Waals surface area contributed by atoms with Crippen molar-refractivity contribution < 1.29 is 22.0 Å². The zero-order chi connectivity index (χ0) is 22.8. The Bertz CT molecular complexity index is 1110. The summed E-state index contributed by atoms with van der Waals surface area (Å²) >= 11 is 0.